The Balaban J connectivity index is 2.17. The Morgan fingerprint density at radius 1 is 1.25 bits per heavy atom. The minimum atomic E-state index is 0.632. The van der Waals surface area contributed by atoms with Gasteiger partial charge in [0.15, 0.2) is 0 Å². The summed E-state index contributed by atoms with van der Waals surface area (Å²) in [5.41, 5.74) is 1.33. The molecule has 0 heteroatoms. The highest BCUT2D eigenvalue weighted by Crippen LogP contribution is 2.25. The predicted molar refractivity (Wildman–Crippen MR) is 49.6 cm³/mol. The summed E-state index contributed by atoms with van der Waals surface area (Å²) in [4.78, 5) is 0. The molecule has 0 saturated heterocycles. The Labute approximate surface area is 73.6 Å². The Bertz CT molecular complexity index is 300. The molecule has 0 spiro atoms. The first-order chi connectivity index (χ1) is 5.97. The van der Waals surface area contributed by atoms with Gasteiger partial charge >= 0.3 is 0 Å². The Hall–Kier alpha value is -1.22. The molecule has 0 fully saturated rings. The minimum Gasteiger partial charge on any atom is -0.103 e. The fourth-order valence-electron chi connectivity index (χ4n) is 1.56. The topological polar surface area (TPSA) is 0 Å². The summed E-state index contributed by atoms with van der Waals surface area (Å²) in [5.74, 6) is 6.92. The normalized spacial score (nSPS) is 21.2. The van der Waals surface area contributed by atoms with Crippen molar-refractivity contribution in [2.24, 2.45) is 0 Å². The van der Waals surface area contributed by atoms with Crippen LogP contribution in [0.4, 0.5) is 0 Å². The van der Waals surface area contributed by atoms with Crippen LogP contribution < -0.4 is 0 Å². The lowest BCUT2D eigenvalue weighted by Crippen LogP contribution is -2.00. The maximum atomic E-state index is 3.27. The van der Waals surface area contributed by atoms with E-state index >= 15 is 0 Å². The van der Waals surface area contributed by atoms with Crippen molar-refractivity contribution < 1.29 is 0 Å². The van der Waals surface area contributed by atoms with Crippen LogP contribution in [0.2, 0.25) is 0 Å². The van der Waals surface area contributed by atoms with Crippen LogP contribution >= 0.6 is 0 Å². The summed E-state index contributed by atoms with van der Waals surface area (Å²) in [6, 6.07) is 11.5. The van der Waals surface area contributed by atoms with Crippen molar-refractivity contribution >= 4 is 0 Å². The van der Waals surface area contributed by atoms with E-state index in [9.17, 15) is 0 Å². The fourth-order valence-corrected chi connectivity index (χ4v) is 1.56. The van der Waals surface area contributed by atoms with Crippen molar-refractivity contribution in [2.75, 3.05) is 0 Å². The molecular formula is C12H11. The van der Waals surface area contributed by atoms with Crippen LogP contribution in [0, 0.1) is 17.9 Å². The van der Waals surface area contributed by atoms with Crippen LogP contribution in [0.25, 0.3) is 0 Å². The van der Waals surface area contributed by atoms with Crippen molar-refractivity contribution in [1.82, 2.24) is 0 Å². The van der Waals surface area contributed by atoms with Crippen molar-refractivity contribution in [3.05, 3.63) is 35.9 Å². The molecule has 1 aromatic carbocycles. The van der Waals surface area contributed by atoms with E-state index in [-0.39, 0.29) is 0 Å². The van der Waals surface area contributed by atoms with Gasteiger partial charge in [0.2, 0.25) is 0 Å². The molecule has 12 heavy (non-hydrogen) atoms. The zero-order chi connectivity index (χ0) is 8.23. The van der Waals surface area contributed by atoms with Gasteiger partial charge < -0.3 is 0 Å². The summed E-state index contributed by atoms with van der Waals surface area (Å²) < 4.78 is 0. The van der Waals surface area contributed by atoms with E-state index in [1.807, 2.05) is 12.1 Å². The number of hydrogen-bond donors (Lipinski definition) is 0. The first-order valence-electron chi connectivity index (χ1n) is 4.39. The van der Waals surface area contributed by atoms with E-state index < -0.39 is 0 Å². The third-order valence-corrected chi connectivity index (χ3v) is 2.26. The maximum absolute atomic E-state index is 3.27. The van der Waals surface area contributed by atoms with Crippen molar-refractivity contribution in [3.8, 4) is 11.8 Å². The number of benzene rings is 1. The van der Waals surface area contributed by atoms with Crippen LogP contribution in [-0.4, -0.2) is 0 Å². The summed E-state index contributed by atoms with van der Waals surface area (Å²) in [6.45, 7) is 0. The molecule has 0 aliphatic heterocycles. The average Bonchev–Trinajstić information content (AvgIpc) is 2.21. The molecular weight excluding hydrogens is 144 g/mol. The van der Waals surface area contributed by atoms with Gasteiger partial charge in [-0.25, -0.2) is 0 Å². The lowest BCUT2D eigenvalue weighted by Gasteiger charge is -2.14. The Morgan fingerprint density at radius 2 is 2.25 bits per heavy atom. The van der Waals surface area contributed by atoms with Gasteiger partial charge in [-0.2, -0.15) is 0 Å². The van der Waals surface area contributed by atoms with E-state index in [0.717, 1.165) is 12.8 Å². The highest BCUT2D eigenvalue weighted by molar-refractivity contribution is 5.22. The van der Waals surface area contributed by atoms with Gasteiger partial charge in [0, 0.05) is 12.8 Å². The molecule has 1 radical (unpaired) electrons. The zero-order valence-corrected chi connectivity index (χ0v) is 7.01. The monoisotopic (exact) mass is 155 g/mol. The summed E-state index contributed by atoms with van der Waals surface area (Å²) >= 11 is 0. The second-order valence-corrected chi connectivity index (χ2v) is 3.11. The zero-order valence-electron chi connectivity index (χ0n) is 7.01. The summed E-state index contributed by atoms with van der Waals surface area (Å²) in [6.07, 6.45) is 3.27. The van der Waals surface area contributed by atoms with Crippen LogP contribution in [-0.2, 0) is 0 Å². The van der Waals surface area contributed by atoms with Gasteiger partial charge in [-0.15, -0.1) is 11.8 Å². The fraction of sp³-hybridized carbons (Fsp3) is 0.333. The lowest BCUT2D eigenvalue weighted by atomic mass is 9.89. The molecule has 2 rings (SSSR count). The van der Waals surface area contributed by atoms with E-state index in [4.69, 9.17) is 0 Å². The van der Waals surface area contributed by atoms with Gasteiger partial charge in [-0.3, -0.25) is 0 Å². The first kappa shape index (κ1) is 7.43. The van der Waals surface area contributed by atoms with Crippen molar-refractivity contribution in [1.29, 1.82) is 0 Å². The SMILES string of the molecule is C1#CCC(c2[c]cccc2)CC1. The highest BCUT2D eigenvalue weighted by Gasteiger charge is 2.11. The van der Waals surface area contributed by atoms with Gasteiger partial charge in [-0.1, -0.05) is 24.3 Å². The molecule has 0 aromatic heterocycles. The smallest absolute Gasteiger partial charge is 0.0158 e. The van der Waals surface area contributed by atoms with Gasteiger partial charge in [0.1, 0.15) is 0 Å². The van der Waals surface area contributed by atoms with Crippen molar-refractivity contribution in [3.63, 3.8) is 0 Å². The van der Waals surface area contributed by atoms with Crippen molar-refractivity contribution in [2.45, 2.75) is 25.2 Å². The van der Waals surface area contributed by atoms with Gasteiger partial charge in [0.25, 0.3) is 0 Å². The van der Waals surface area contributed by atoms with E-state index in [1.54, 1.807) is 0 Å². The number of hydrogen-bond acceptors (Lipinski definition) is 0. The minimum absolute atomic E-state index is 0.632. The van der Waals surface area contributed by atoms with E-state index in [1.165, 1.54) is 12.0 Å². The molecule has 0 amide bonds. The molecule has 0 bridgehead atoms. The van der Waals surface area contributed by atoms with E-state index in [2.05, 4.69) is 30.0 Å². The molecule has 1 unspecified atom stereocenters. The Kier molecular flexibility index (Phi) is 2.14. The van der Waals surface area contributed by atoms with Gasteiger partial charge in [-0.05, 0) is 24.0 Å². The van der Waals surface area contributed by atoms with Crippen LogP contribution in [0.1, 0.15) is 30.7 Å². The van der Waals surface area contributed by atoms with Crippen LogP contribution in [0.15, 0.2) is 24.3 Å². The Morgan fingerprint density at radius 3 is 2.92 bits per heavy atom. The highest BCUT2D eigenvalue weighted by atomic mass is 14.1. The molecule has 0 saturated carbocycles. The molecule has 0 N–H and O–H groups in total. The summed E-state index contributed by atoms with van der Waals surface area (Å²) in [7, 11) is 0. The maximum Gasteiger partial charge on any atom is 0.0158 e. The van der Waals surface area contributed by atoms with Crippen LogP contribution in [0.3, 0.4) is 0 Å². The van der Waals surface area contributed by atoms with Crippen LogP contribution in [0.5, 0.6) is 0 Å². The molecule has 1 aliphatic carbocycles. The van der Waals surface area contributed by atoms with Gasteiger partial charge in [0.05, 0.1) is 0 Å². The lowest BCUT2D eigenvalue weighted by molar-refractivity contribution is 0.640. The first-order valence-corrected chi connectivity index (χ1v) is 4.39. The molecule has 1 aromatic rings. The largest absolute Gasteiger partial charge is 0.103 e. The van der Waals surface area contributed by atoms with E-state index in [0.29, 0.717) is 5.92 Å². The second-order valence-electron chi connectivity index (χ2n) is 3.11. The quantitative estimate of drug-likeness (QED) is 0.547. The number of rotatable bonds is 1. The third kappa shape index (κ3) is 1.51. The third-order valence-electron chi connectivity index (χ3n) is 2.26. The molecule has 59 valence electrons. The molecule has 1 aliphatic rings. The molecule has 0 nitrogen and oxygen atoms in total. The second kappa shape index (κ2) is 3.45. The average molecular weight is 155 g/mol. The predicted octanol–water partition coefficient (Wildman–Crippen LogP) is 2.76. The summed E-state index contributed by atoms with van der Waals surface area (Å²) in [5, 5.41) is 0. The molecule has 1 atom stereocenters. The molecule has 0 heterocycles. The standard InChI is InChI=1S/C12H11/c1-3-7-11(8-4-1)12-9-5-2-6-10-12/h1,3-4,7,12H,5,9-10H2.